The highest BCUT2D eigenvalue weighted by Crippen LogP contribution is 2.40. The fourth-order valence-electron chi connectivity index (χ4n) is 4.20. The van der Waals surface area contributed by atoms with Gasteiger partial charge in [0.15, 0.2) is 11.5 Å². The van der Waals surface area contributed by atoms with Gasteiger partial charge in [-0.15, -0.1) is 0 Å². The van der Waals surface area contributed by atoms with Crippen molar-refractivity contribution < 1.29 is 13.9 Å². The Kier molecular flexibility index (Phi) is 5.03. The molecule has 1 saturated heterocycles. The Bertz CT molecular complexity index is 1420. The molecule has 33 heavy (non-hydrogen) atoms. The first-order chi connectivity index (χ1) is 16.0. The van der Waals surface area contributed by atoms with E-state index in [-0.39, 0.29) is 34.0 Å². The number of halogens is 2. The molecule has 0 saturated carbocycles. The molecule has 166 valence electrons. The lowest BCUT2D eigenvalue weighted by molar-refractivity contribution is 0.469. The van der Waals surface area contributed by atoms with E-state index in [1.165, 1.54) is 18.2 Å². The SMILES string of the molecule is N#Cc1c(-c2ccc(O)cc2F)nc2[nH]nc(N)c2c1-c1ccc(N2CCNCC2)c(F)c1. The number of pyridine rings is 1. The van der Waals surface area contributed by atoms with Crippen LogP contribution >= 0.6 is 0 Å². The lowest BCUT2D eigenvalue weighted by Gasteiger charge is -2.29. The Labute approximate surface area is 187 Å². The first kappa shape index (κ1) is 20.7. The fraction of sp³-hybridized carbons (Fsp3) is 0.174. The van der Waals surface area contributed by atoms with Gasteiger partial charge in [-0.2, -0.15) is 10.4 Å². The lowest BCUT2D eigenvalue weighted by atomic mass is 9.93. The van der Waals surface area contributed by atoms with Crippen molar-refractivity contribution in [3.63, 3.8) is 0 Å². The molecule has 0 bridgehead atoms. The third kappa shape index (κ3) is 3.48. The second-order valence-electron chi connectivity index (χ2n) is 7.72. The molecule has 3 heterocycles. The molecule has 2 aromatic heterocycles. The zero-order valence-electron chi connectivity index (χ0n) is 17.4. The van der Waals surface area contributed by atoms with Crippen LogP contribution in [0.25, 0.3) is 33.4 Å². The second-order valence-corrected chi connectivity index (χ2v) is 7.72. The Hall–Kier alpha value is -4.23. The molecular formula is C23H19F2N7O. The molecule has 0 aliphatic carbocycles. The number of rotatable bonds is 3. The third-order valence-corrected chi connectivity index (χ3v) is 5.75. The van der Waals surface area contributed by atoms with Crippen molar-refractivity contribution in [2.24, 2.45) is 0 Å². The first-order valence-electron chi connectivity index (χ1n) is 10.3. The largest absolute Gasteiger partial charge is 0.508 e. The number of hydrogen-bond acceptors (Lipinski definition) is 7. The van der Waals surface area contributed by atoms with Gasteiger partial charge in [0.05, 0.1) is 22.3 Å². The molecule has 4 aromatic rings. The highest BCUT2D eigenvalue weighted by atomic mass is 19.1. The van der Waals surface area contributed by atoms with E-state index >= 15 is 4.39 Å². The summed E-state index contributed by atoms with van der Waals surface area (Å²) in [7, 11) is 0. The molecular weight excluding hydrogens is 428 g/mol. The van der Waals surface area contributed by atoms with E-state index in [0.29, 0.717) is 35.3 Å². The summed E-state index contributed by atoms with van der Waals surface area (Å²) in [6, 6.07) is 10.4. The summed E-state index contributed by atoms with van der Waals surface area (Å²) in [4.78, 5) is 6.33. The van der Waals surface area contributed by atoms with Crippen LogP contribution in [-0.2, 0) is 0 Å². The standard InChI is InChI=1S/C23H19F2N7O/c24-16-10-13(33)2-3-14(16)21-15(11-26)19(20-22(27)30-31-23(20)29-21)12-1-4-18(17(25)9-12)32-7-5-28-6-8-32/h1-4,9-10,28,33H,5-8H2,(H3,27,29,30,31). The van der Waals surface area contributed by atoms with E-state index in [9.17, 15) is 14.8 Å². The number of aromatic hydroxyl groups is 1. The number of H-pyrrole nitrogens is 1. The molecule has 1 aliphatic heterocycles. The lowest BCUT2D eigenvalue weighted by Crippen LogP contribution is -2.43. The summed E-state index contributed by atoms with van der Waals surface area (Å²) in [6.45, 7) is 2.88. The van der Waals surface area contributed by atoms with Gasteiger partial charge in [-0.25, -0.2) is 13.8 Å². The summed E-state index contributed by atoms with van der Waals surface area (Å²) < 4.78 is 29.9. The van der Waals surface area contributed by atoms with Crippen LogP contribution < -0.4 is 16.0 Å². The Morgan fingerprint density at radius 1 is 1.09 bits per heavy atom. The number of piperazine rings is 1. The number of phenolic OH excluding ortho intramolecular Hbond substituents is 1. The molecule has 0 amide bonds. The van der Waals surface area contributed by atoms with Gasteiger partial charge >= 0.3 is 0 Å². The molecule has 1 fully saturated rings. The summed E-state index contributed by atoms with van der Waals surface area (Å²) >= 11 is 0. The Balaban J connectivity index is 1.75. The topological polar surface area (TPSA) is 127 Å². The molecule has 0 spiro atoms. The maximum absolute atomic E-state index is 15.2. The van der Waals surface area contributed by atoms with Gasteiger partial charge in [-0.1, -0.05) is 6.07 Å². The first-order valence-corrected chi connectivity index (χ1v) is 10.3. The number of anilines is 2. The quantitative estimate of drug-likeness (QED) is 0.380. The number of phenols is 1. The molecule has 0 radical (unpaired) electrons. The molecule has 0 atom stereocenters. The predicted molar refractivity (Wildman–Crippen MR) is 121 cm³/mol. The fourth-order valence-corrected chi connectivity index (χ4v) is 4.20. The number of fused-ring (bicyclic) bond motifs is 1. The minimum atomic E-state index is -0.753. The number of hydrogen-bond donors (Lipinski definition) is 4. The monoisotopic (exact) mass is 447 g/mol. The average Bonchev–Trinajstić information content (AvgIpc) is 3.18. The van der Waals surface area contributed by atoms with Gasteiger partial charge in [-0.3, -0.25) is 5.10 Å². The second kappa shape index (κ2) is 8.03. The van der Waals surface area contributed by atoms with Crippen LogP contribution in [0.3, 0.4) is 0 Å². The number of nitrogens with one attached hydrogen (secondary N) is 2. The molecule has 2 aromatic carbocycles. The number of nitrogen functional groups attached to an aromatic ring is 1. The van der Waals surface area contributed by atoms with Crippen molar-refractivity contribution in [1.82, 2.24) is 20.5 Å². The molecule has 1 aliphatic rings. The van der Waals surface area contributed by atoms with Crippen molar-refractivity contribution in [3.8, 4) is 34.2 Å². The van der Waals surface area contributed by atoms with Crippen LogP contribution in [0, 0.1) is 23.0 Å². The van der Waals surface area contributed by atoms with Crippen molar-refractivity contribution >= 4 is 22.5 Å². The number of nitriles is 1. The molecule has 5 N–H and O–H groups in total. The van der Waals surface area contributed by atoms with Crippen LogP contribution in [-0.4, -0.2) is 46.5 Å². The Morgan fingerprint density at radius 3 is 2.58 bits per heavy atom. The van der Waals surface area contributed by atoms with Gasteiger partial charge in [0.2, 0.25) is 0 Å². The van der Waals surface area contributed by atoms with Gasteiger partial charge in [0.25, 0.3) is 0 Å². The maximum Gasteiger partial charge on any atom is 0.158 e. The van der Waals surface area contributed by atoms with Crippen molar-refractivity contribution in [2.45, 2.75) is 0 Å². The highest BCUT2D eigenvalue weighted by molar-refractivity contribution is 6.04. The summed E-state index contributed by atoms with van der Waals surface area (Å²) in [6.07, 6.45) is 0. The third-order valence-electron chi connectivity index (χ3n) is 5.75. The van der Waals surface area contributed by atoms with Gasteiger partial charge in [0.1, 0.15) is 23.5 Å². The van der Waals surface area contributed by atoms with Gasteiger partial charge in [0, 0.05) is 43.4 Å². The van der Waals surface area contributed by atoms with E-state index in [1.807, 2.05) is 4.90 Å². The molecule has 8 nitrogen and oxygen atoms in total. The number of nitrogens with zero attached hydrogens (tertiary/aromatic N) is 4. The minimum Gasteiger partial charge on any atom is -0.508 e. The number of aromatic amines is 1. The van der Waals surface area contributed by atoms with E-state index in [4.69, 9.17) is 5.73 Å². The van der Waals surface area contributed by atoms with Crippen LogP contribution in [0.2, 0.25) is 0 Å². The number of aromatic nitrogens is 3. The number of nitrogens with two attached hydrogens (primary N) is 1. The van der Waals surface area contributed by atoms with Crippen molar-refractivity contribution in [2.75, 3.05) is 36.8 Å². The zero-order valence-corrected chi connectivity index (χ0v) is 17.4. The van der Waals surface area contributed by atoms with E-state index in [2.05, 4.69) is 26.6 Å². The minimum absolute atomic E-state index is 0.0126. The average molecular weight is 447 g/mol. The zero-order chi connectivity index (χ0) is 23.1. The predicted octanol–water partition coefficient (Wildman–Crippen LogP) is 3.14. The molecule has 10 heteroatoms. The van der Waals surface area contributed by atoms with Crippen molar-refractivity contribution in [1.29, 1.82) is 5.26 Å². The van der Waals surface area contributed by atoms with Gasteiger partial charge < -0.3 is 21.1 Å². The van der Waals surface area contributed by atoms with E-state index in [0.717, 1.165) is 19.2 Å². The van der Waals surface area contributed by atoms with Crippen LogP contribution in [0.15, 0.2) is 36.4 Å². The van der Waals surface area contributed by atoms with Crippen molar-refractivity contribution in [3.05, 3.63) is 53.6 Å². The molecule has 5 rings (SSSR count). The summed E-state index contributed by atoms with van der Waals surface area (Å²) in [5, 5.41) is 29.9. The van der Waals surface area contributed by atoms with Crippen LogP contribution in [0.5, 0.6) is 5.75 Å². The molecule has 0 unspecified atom stereocenters. The van der Waals surface area contributed by atoms with Crippen LogP contribution in [0.1, 0.15) is 5.56 Å². The number of benzene rings is 2. The van der Waals surface area contributed by atoms with Crippen LogP contribution in [0.4, 0.5) is 20.3 Å². The summed E-state index contributed by atoms with van der Waals surface area (Å²) in [5.74, 6) is -1.36. The normalized spacial score (nSPS) is 13.9. The highest BCUT2D eigenvalue weighted by Gasteiger charge is 2.24. The maximum atomic E-state index is 15.2. The van der Waals surface area contributed by atoms with Gasteiger partial charge in [-0.05, 0) is 29.8 Å². The van der Waals surface area contributed by atoms with E-state index in [1.54, 1.807) is 12.1 Å². The van der Waals surface area contributed by atoms with E-state index < -0.39 is 11.6 Å². The Morgan fingerprint density at radius 2 is 1.88 bits per heavy atom. The summed E-state index contributed by atoms with van der Waals surface area (Å²) in [5.41, 5.74) is 7.52. The smallest absolute Gasteiger partial charge is 0.158 e.